The number of carbonyl (C=O) groups is 2. The minimum atomic E-state index is -0.523. The highest BCUT2D eigenvalue weighted by Gasteiger charge is 2.49. The molecule has 34 heavy (non-hydrogen) atoms. The molecule has 0 spiro atoms. The number of hydrogen-bond acceptors (Lipinski definition) is 8. The van der Waals surface area contributed by atoms with E-state index in [1.165, 1.54) is 11.3 Å². The summed E-state index contributed by atoms with van der Waals surface area (Å²) in [5, 5.41) is 5.78. The maximum atomic E-state index is 12.9. The maximum Gasteiger partial charge on any atom is 0.410 e. The fourth-order valence-corrected chi connectivity index (χ4v) is 5.37. The number of fused-ring (bicyclic) bond motifs is 3. The first kappa shape index (κ1) is 21.4. The summed E-state index contributed by atoms with van der Waals surface area (Å²) < 4.78 is 11.9. The SMILES string of the molecule is CC(C)(C)OC(=O)N1C2CC1CN(c1nc3c(C(=O)NC4CC4)ccc(-c4nccs4)c3o1)C2. The van der Waals surface area contributed by atoms with Gasteiger partial charge in [-0.1, -0.05) is 0 Å². The van der Waals surface area contributed by atoms with E-state index in [4.69, 9.17) is 14.1 Å². The molecule has 3 saturated heterocycles. The smallest absolute Gasteiger partial charge is 0.410 e. The Balaban J connectivity index is 1.30. The molecule has 2 aromatic heterocycles. The fraction of sp³-hybridized carbons (Fsp3) is 0.500. The van der Waals surface area contributed by atoms with Crippen LogP contribution < -0.4 is 10.2 Å². The molecular formula is C24H27N5O4S. The molecule has 2 amide bonds. The molecular weight excluding hydrogens is 454 g/mol. The Morgan fingerprint density at radius 1 is 1.21 bits per heavy atom. The first-order valence-corrected chi connectivity index (χ1v) is 12.6. The van der Waals surface area contributed by atoms with Crippen LogP contribution in [0, 0.1) is 0 Å². The minimum Gasteiger partial charge on any atom is -0.444 e. The van der Waals surface area contributed by atoms with Gasteiger partial charge in [0.15, 0.2) is 5.58 Å². The van der Waals surface area contributed by atoms with E-state index in [1.807, 2.05) is 37.1 Å². The Morgan fingerprint density at radius 2 is 1.97 bits per heavy atom. The van der Waals surface area contributed by atoms with Crippen LogP contribution in [0.15, 0.2) is 28.1 Å². The van der Waals surface area contributed by atoms with Gasteiger partial charge in [-0.05, 0) is 52.2 Å². The molecule has 4 fully saturated rings. The van der Waals surface area contributed by atoms with Gasteiger partial charge in [0.1, 0.15) is 16.1 Å². The summed E-state index contributed by atoms with van der Waals surface area (Å²) in [4.78, 5) is 38.6. The Morgan fingerprint density at radius 3 is 2.62 bits per heavy atom. The Bertz CT molecular complexity index is 1250. The van der Waals surface area contributed by atoms with Crippen molar-refractivity contribution >= 4 is 40.5 Å². The van der Waals surface area contributed by atoms with Gasteiger partial charge in [-0.15, -0.1) is 11.3 Å². The van der Waals surface area contributed by atoms with Crippen LogP contribution in [0.5, 0.6) is 0 Å². The third kappa shape index (κ3) is 3.79. The van der Waals surface area contributed by atoms with Crippen LogP contribution in [0.4, 0.5) is 10.8 Å². The molecule has 2 atom stereocenters. The number of hydrogen-bond donors (Lipinski definition) is 1. The summed E-state index contributed by atoms with van der Waals surface area (Å²) in [7, 11) is 0. The normalized spacial score (nSPS) is 22.0. The molecule has 2 unspecified atom stereocenters. The van der Waals surface area contributed by atoms with Crippen molar-refractivity contribution in [1.82, 2.24) is 20.2 Å². The Labute approximate surface area is 201 Å². The van der Waals surface area contributed by atoms with E-state index in [0.29, 0.717) is 35.8 Å². The zero-order valence-electron chi connectivity index (χ0n) is 19.4. The largest absolute Gasteiger partial charge is 0.444 e. The van der Waals surface area contributed by atoms with Crippen molar-refractivity contribution in [1.29, 1.82) is 0 Å². The molecule has 0 radical (unpaired) electrons. The van der Waals surface area contributed by atoms with E-state index in [0.717, 1.165) is 29.8 Å². The van der Waals surface area contributed by atoms with Gasteiger partial charge in [-0.3, -0.25) is 9.69 Å². The van der Waals surface area contributed by atoms with E-state index in [1.54, 1.807) is 12.3 Å². The van der Waals surface area contributed by atoms with Gasteiger partial charge < -0.3 is 19.4 Å². The lowest BCUT2D eigenvalue weighted by molar-refractivity contribution is -0.0386. The monoisotopic (exact) mass is 481 g/mol. The number of benzene rings is 1. The molecule has 3 aromatic rings. The van der Waals surface area contributed by atoms with Gasteiger partial charge >= 0.3 is 6.09 Å². The molecule has 178 valence electrons. The van der Waals surface area contributed by atoms with Crippen molar-refractivity contribution in [2.45, 2.75) is 63.8 Å². The number of amides is 2. The van der Waals surface area contributed by atoms with Crippen molar-refractivity contribution in [2.24, 2.45) is 0 Å². The summed E-state index contributed by atoms with van der Waals surface area (Å²) in [6.07, 6.45) is 4.45. The first-order valence-electron chi connectivity index (χ1n) is 11.7. The fourth-order valence-electron chi connectivity index (χ4n) is 4.71. The van der Waals surface area contributed by atoms with E-state index >= 15 is 0 Å². The van der Waals surface area contributed by atoms with E-state index < -0.39 is 5.60 Å². The van der Waals surface area contributed by atoms with Crippen LogP contribution in [-0.2, 0) is 4.74 Å². The average Bonchev–Trinajstić information content (AvgIpc) is 3.24. The quantitative estimate of drug-likeness (QED) is 0.600. The van der Waals surface area contributed by atoms with Gasteiger partial charge in [0.25, 0.3) is 11.9 Å². The van der Waals surface area contributed by atoms with Crippen LogP contribution in [0.25, 0.3) is 21.7 Å². The highest BCUT2D eigenvalue weighted by atomic mass is 32.1. The van der Waals surface area contributed by atoms with Crippen LogP contribution in [0.3, 0.4) is 0 Å². The number of anilines is 1. The number of rotatable bonds is 4. The Hall–Kier alpha value is -3.14. The topological polar surface area (TPSA) is 101 Å². The standard InChI is InChI=1S/C24H27N5O4S/c1-24(2,3)33-23(31)29-14-10-15(29)12-28(11-14)22-27-18-16(20(30)26-13-4-5-13)6-7-17(19(18)32-22)21-25-8-9-34-21/h6-9,13-15H,4-5,10-12H2,1-3H3,(H,26,30). The summed E-state index contributed by atoms with van der Waals surface area (Å²) in [5.74, 6) is -0.129. The highest BCUT2D eigenvalue weighted by molar-refractivity contribution is 7.13. The van der Waals surface area contributed by atoms with E-state index in [-0.39, 0.29) is 30.1 Å². The first-order chi connectivity index (χ1) is 16.3. The molecule has 3 aliphatic heterocycles. The molecule has 1 N–H and O–H groups in total. The molecule has 7 rings (SSSR count). The van der Waals surface area contributed by atoms with Crippen LogP contribution in [-0.4, -0.2) is 63.7 Å². The molecule has 5 heterocycles. The van der Waals surface area contributed by atoms with Crippen LogP contribution >= 0.6 is 11.3 Å². The zero-order chi connectivity index (χ0) is 23.6. The second kappa shape index (κ2) is 7.69. The third-order valence-electron chi connectivity index (χ3n) is 6.42. The zero-order valence-corrected chi connectivity index (χ0v) is 20.2. The van der Waals surface area contributed by atoms with Gasteiger partial charge in [0, 0.05) is 30.7 Å². The molecule has 10 heteroatoms. The minimum absolute atomic E-state index is 0.0553. The van der Waals surface area contributed by atoms with Crippen LogP contribution in [0.1, 0.15) is 50.4 Å². The van der Waals surface area contributed by atoms with Gasteiger partial charge in [0.2, 0.25) is 0 Å². The lowest BCUT2D eigenvalue weighted by atomic mass is 9.88. The summed E-state index contributed by atoms with van der Waals surface area (Å²) in [6, 6.07) is 4.52. The van der Waals surface area contributed by atoms with Gasteiger partial charge in [0.05, 0.1) is 23.2 Å². The number of nitrogens with one attached hydrogen (secondary N) is 1. The van der Waals surface area contributed by atoms with Crippen molar-refractivity contribution in [3.63, 3.8) is 0 Å². The second-order valence-corrected chi connectivity index (χ2v) is 11.2. The van der Waals surface area contributed by atoms with Crippen molar-refractivity contribution in [3.05, 3.63) is 29.3 Å². The summed E-state index contributed by atoms with van der Waals surface area (Å²) in [6.45, 7) is 6.85. The summed E-state index contributed by atoms with van der Waals surface area (Å²) >= 11 is 1.51. The number of carbonyl (C=O) groups excluding carboxylic acids is 2. The molecule has 1 aliphatic carbocycles. The number of oxazole rings is 1. The van der Waals surface area contributed by atoms with Crippen molar-refractivity contribution in [3.8, 4) is 10.6 Å². The molecule has 2 bridgehead atoms. The Kier molecular flexibility index (Phi) is 4.84. The number of piperidine rings is 1. The molecule has 9 nitrogen and oxygen atoms in total. The predicted octanol–water partition coefficient (Wildman–Crippen LogP) is 4.04. The lowest BCUT2D eigenvalue weighted by Gasteiger charge is -2.55. The average molecular weight is 482 g/mol. The van der Waals surface area contributed by atoms with E-state index in [9.17, 15) is 9.59 Å². The van der Waals surface area contributed by atoms with Crippen molar-refractivity contribution in [2.75, 3.05) is 18.0 Å². The molecule has 4 aliphatic rings. The number of aromatic nitrogens is 2. The molecule has 1 saturated carbocycles. The third-order valence-corrected chi connectivity index (χ3v) is 7.23. The predicted molar refractivity (Wildman–Crippen MR) is 128 cm³/mol. The molecule has 1 aromatic carbocycles. The maximum absolute atomic E-state index is 12.9. The number of nitrogens with zero attached hydrogens (tertiary/aromatic N) is 4. The second-order valence-electron chi connectivity index (χ2n) is 10.3. The van der Waals surface area contributed by atoms with Gasteiger partial charge in [-0.2, -0.15) is 4.98 Å². The highest BCUT2D eigenvalue weighted by Crippen LogP contribution is 2.39. The van der Waals surface area contributed by atoms with E-state index in [2.05, 4.69) is 15.2 Å². The number of piperazine rings is 1. The number of thiazole rings is 1. The summed E-state index contributed by atoms with van der Waals surface area (Å²) in [5.41, 5.74) is 1.92. The number of ether oxygens (including phenoxy) is 1. The van der Waals surface area contributed by atoms with Crippen LogP contribution in [0.2, 0.25) is 0 Å². The van der Waals surface area contributed by atoms with Crippen molar-refractivity contribution < 1.29 is 18.7 Å². The lowest BCUT2D eigenvalue weighted by Crippen LogP contribution is -2.70. The van der Waals surface area contributed by atoms with Gasteiger partial charge in [-0.25, -0.2) is 9.78 Å².